The van der Waals surface area contributed by atoms with Crippen LogP contribution in [-0.4, -0.2) is 80.9 Å². The van der Waals surface area contributed by atoms with Gasteiger partial charge in [0.1, 0.15) is 11.9 Å². The molecule has 2 aliphatic rings. The number of aromatic nitrogens is 4. The summed E-state index contributed by atoms with van der Waals surface area (Å²) in [5, 5.41) is 0.417. The highest BCUT2D eigenvalue weighted by Gasteiger charge is 2.52. The van der Waals surface area contributed by atoms with Gasteiger partial charge in [-0.3, -0.25) is 19.0 Å². The van der Waals surface area contributed by atoms with Gasteiger partial charge in [-0.25, -0.2) is 28.3 Å². The lowest BCUT2D eigenvalue weighted by Crippen LogP contribution is -2.52. The zero-order chi connectivity index (χ0) is 32.1. The molecule has 0 bridgehead atoms. The van der Waals surface area contributed by atoms with Crippen LogP contribution in [0.3, 0.4) is 0 Å². The zero-order valence-corrected chi connectivity index (χ0v) is 26.6. The molecular weight excluding hydrogens is 641 g/mol. The minimum Gasteiger partial charge on any atom is -0.333 e. The van der Waals surface area contributed by atoms with Crippen LogP contribution in [-0.2, 0) is 36.4 Å². The number of Topliss-reactive ketones (excluding diaryl/α,β-unsaturated/α-hetero) is 1. The zero-order valence-electron chi connectivity index (χ0n) is 24.2. The molecule has 232 valence electrons. The summed E-state index contributed by atoms with van der Waals surface area (Å²) < 4.78 is 30.9. The van der Waals surface area contributed by atoms with E-state index in [1.54, 1.807) is 31.5 Å². The largest absolute Gasteiger partial charge is 0.333 e. The van der Waals surface area contributed by atoms with Crippen molar-refractivity contribution in [2.75, 3.05) is 31.1 Å². The third-order valence-electron chi connectivity index (χ3n) is 8.00. The molecule has 0 saturated carbocycles. The number of hydrogen-bond acceptors (Lipinski definition) is 8. The Hall–Kier alpha value is -4.17. The molecule has 0 radical (unpaired) electrons. The smallest absolute Gasteiger partial charge is 0.289 e. The summed E-state index contributed by atoms with van der Waals surface area (Å²) in [4.78, 5) is 53.4. The van der Waals surface area contributed by atoms with Crippen molar-refractivity contribution in [3.63, 3.8) is 0 Å². The molecule has 1 unspecified atom stereocenters. The Morgan fingerprint density at radius 3 is 2.13 bits per heavy atom. The fourth-order valence-electron chi connectivity index (χ4n) is 5.76. The Balaban J connectivity index is 1.40. The molecule has 2 aromatic heterocycles. The lowest BCUT2D eigenvalue weighted by molar-refractivity contribution is -0.144. The molecule has 0 aliphatic carbocycles. The van der Waals surface area contributed by atoms with Crippen molar-refractivity contribution in [3.05, 3.63) is 83.0 Å². The van der Waals surface area contributed by atoms with Gasteiger partial charge in [0.2, 0.25) is 11.7 Å². The number of rotatable bonds is 7. The molecule has 2 aliphatic heterocycles. The second-order valence-electron chi connectivity index (χ2n) is 11.0. The summed E-state index contributed by atoms with van der Waals surface area (Å²) >= 11 is 12.6. The lowest BCUT2D eigenvalue weighted by Gasteiger charge is -2.34. The molecule has 4 heterocycles. The SMILES string of the molecule is CC(=O)C(=O)N1CCN(S(=O)(=O)c2cnc3n2C(C)(Cc2ccc(-c4cncnc4)cc2)C(=O)N3c2cc(Cl)cc(Cl)c2)CC1. The monoisotopic (exact) mass is 667 g/mol. The molecule has 0 spiro atoms. The van der Waals surface area contributed by atoms with Crippen LogP contribution in [0.4, 0.5) is 11.6 Å². The Kier molecular flexibility index (Phi) is 7.98. The van der Waals surface area contributed by atoms with Crippen molar-refractivity contribution in [2.45, 2.75) is 30.8 Å². The third kappa shape index (κ3) is 5.50. The third-order valence-corrected chi connectivity index (χ3v) is 10.3. The molecule has 15 heteroatoms. The minimum atomic E-state index is -4.20. The van der Waals surface area contributed by atoms with Crippen molar-refractivity contribution >= 4 is 62.5 Å². The number of amides is 2. The van der Waals surface area contributed by atoms with Gasteiger partial charge in [-0.15, -0.1) is 0 Å². The van der Waals surface area contributed by atoms with E-state index in [1.165, 1.54) is 44.2 Å². The predicted octanol–water partition coefficient (Wildman–Crippen LogP) is 3.71. The van der Waals surface area contributed by atoms with Gasteiger partial charge in [0.05, 0.1) is 11.9 Å². The molecule has 1 fully saturated rings. The van der Waals surface area contributed by atoms with E-state index in [2.05, 4.69) is 15.0 Å². The number of hydrogen-bond donors (Lipinski definition) is 0. The molecule has 0 N–H and O–H groups in total. The van der Waals surface area contributed by atoms with Crippen LogP contribution in [0.1, 0.15) is 19.4 Å². The fraction of sp³-hybridized carbons (Fsp3) is 0.267. The molecule has 2 aromatic carbocycles. The molecule has 2 amide bonds. The van der Waals surface area contributed by atoms with Crippen molar-refractivity contribution in [3.8, 4) is 11.1 Å². The highest BCUT2D eigenvalue weighted by atomic mass is 35.5. The Morgan fingerprint density at radius 1 is 0.911 bits per heavy atom. The highest BCUT2D eigenvalue weighted by molar-refractivity contribution is 7.89. The van der Waals surface area contributed by atoms with E-state index in [-0.39, 0.29) is 43.6 Å². The van der Waals surface area contributed by atoms with Crippen LogP contribution in [0.25, 0.3) is 11.1 Å². The maximum absolute atomic E-state index is 14.4. The fourth-order valence-corrected chi connectivity index (χ4v) is 7.88. The first kappa shape index (κ1) is 30.8. The van der Waals surface area contributed by atoms with Gasteiger partial charge in [-0.2, -0.15) is 4.31 Å². The predicted molar refractivity (Wildman–Crippen MR) is 167 cm³/mol. The van der Waals surface area contributed by atoms with Crippen molar-refractivity contribution in [1.29, 1.82) is 0 Å². The van der Waals surface area contributed by atoms with Gasteiger partial charge < -0.3 is 4.90 Å². The van der Waals surface area contributed by atoms with Gasteiger partial charge >= 0.3 is 0 Å². The van der Waals surface area contributed by atoms with Crippen LogP contribution in [0, 0.1) is 0 Å². The topological polar surface area (TPSA) is 139 Å². The Bertz CT molecular complexity index is 1910. The number of benzene rings is 2. The van der Waals surface area contributed by atoms with Gasteiger partial charge in [-0.05, 0) is 36.2 Å². The van der Waals surface area contributed by atoms with E-state index in [9.17, 15) is 22.8 Å². The van der Waals surface area contributed by atoms with Crippen molar-refractivity contribution in [1.82, 2.24) is 28.7 Å². The van der Waals surface area contributed by atoms with Gasteiger partial charge in [0.25, 0.3) is 21.8 Å². The number of ketones is 1. The normalized spacial score (nSPS) is 18.7. The van der Waals surface area contributed by atoms with Crippen LogP contribution < -0.4 is 4.90 Å². The van der Waals surface area contributed by atoms with E-state index >= 15 is 0 Å². The van der Waals surface area contributed by atoms with Gasteiger partial charge in [-0.1, -0.05) is 47.5 Å². The molecule has 45 heavy (non-hydrogen) atoms. The molecule has 6 rings (SSSR count). The van der Waals surface area contributed by atoms with Crippen molar-refractivity contribution in [2.24, 2.45) is 0 Å². The number of fused-ring (bicyclic) bond motifs is 1. The van der Waals surface area contributed by atoms with E-state index < -0.39 is 33.2 Å². The quantitative estimate of drug-likeness (QED) is 0.272. The van der Waals surface area contributed by atoms with Gasteiger partial charge in [0, 0.05) is 67.5 Å². The summed E-state index contributed by atoms with van der Waals surface area (Å²) in [6.07, 6.45) is 6.21. The van der Waals surface area contributed by atoms with Crippen molar-refractivity contribution < 1.29 is 22.8 Å². The summed E-state index contributed by atoms with van der Waals surface area (Å²) in [7, 11) is -4.20. The summed E-state index contributed by atoms with van der Waals surface area (Å²) in [5.74, 6) is -1.58. The van der Waals surface area contributed by atoms with E-state index in [0.29, 0.717) is 15.7 Å². The van der Waals surface area contributed by atoms with Gasteiger partial charge in [0.15, 0.2) is 5.03 Å². The summed E-state index contributed by atoms with van der Waals surface area (Å²) in [6, 6.07) is 12.2. The number of sulfonamides is 1. The summed E-state index contributed by atoms with van der Waals surface area (Å²) in [6.45, 7) is 2.92. The standard InChI is InChI=1S/C30H27Cl2N7O5S/c1-19(40)27(41)36-7-9-37(10-8-36)45(43,44)26-17-35-29-38(25-12-23(31)11-24(32)13-25)28(42)30(2,39(26)29)14-20-3-5-21(6-4-20)22-15-33-18-34-16-22/h3-6,11-13,15-18H,7-10,14H2,1-2H3. The number of nitrogens with zero attached hydrogens (tertiary/aromatic N) is 7. The van der Waals surface area contributed by atoms with Crippen LogP contribution in [0.15, 0.2) is 72.4 Å². The van der Waals surface area contributed by atoms with Crippen LogP contribution in [0.2, 0.25) is 10.0 Å². The molecule has 1 saturated heterocycles. The maximum Gasteiger partial charge on any atom is 0.289 e. The second kappa shape index (κ2) is 11.6. The summed E-state index contributed by atoms with van der Waals surface area (Å²) in [5.41, 5.74) is 1.40. The first-order chi connectivity index (χ1) is 21.4. The number of carbonyl (C=O) groups excluding carboxylic acids is 3. The van der Waals surface area contributed by atoms with E-state index in [4.69, 9.17) is 23.2 Å². The Morgan fingerprint density at radius 2 is 1.53 bits per heavy atom. The van der Waals surface area contributed by atoms with E-state index in [0.717, 1.165) is 16.7 Å². The van der Waals surface area contributed by atoms with Crippen LogP contribution in [0.5, 0.6) is 0 Å². The molecule has 4 aromatic rings. The number of piperazine rings is 1. The molecule has 12 nitrogen and oxygen atoms in total. The first-order valence-corrected chi connectivity index (χ1v) is 16.1. The first-order valence-electron chi connectivity index (χ1n) is 13.9. The molecule has 1 atom stereocenters. The highest BCUT2D eigenvalue weighted by Crippen LogP contribution is 2.45. The van der Waals surface area contributed by atoms with Crippen LogP contribution >= 0.6 is 23.2 Å². The maximum atomic E-state index is 14.4. The minimum absolute atomic E-state index is 0.0230. The number of carbonyl (C=O) groups is 3. The second-order valence-corrected chi connectivity index (χ2v) is 13.8. The average molecular weight is 669 g/mol. The number of imidazole rings is 1. The number of halogens is 2. The number of anilines is 2. The lowest BCUT2D eigenvalue weighted by atomic mass is 9.91. The molecular formula is C30H27Cl2N7O5S. The average Bonchev–Trinajstić information content (AvgIpc) is 3.55. The van der Waals surface area contributed by atoms with E-state index in [1.807, 2.05) is 24.3 Å². The Labute approximate surface area is 269 Å².